The predicted molar refractivity (Wildman–Crippen MR) is 75.6 cm³/mol. The SMILES string of the molecule is CC(=O)Nc1ccc(CN2CCC(NC(=O)O)C2)cc1. The van der Waals surface area contributed by atoms with Gasteiger partial charge in [-0.2, -0.15) is 0 Å². The summed E-state index contributed by atoms with van der Waals surface area (Å²) in [6, 6.07) is 7.72. The van der Waals surface area contributed by atoms with Crippen LogP contribution in [0.5, 0.6) is 0 Å². The van der Waals surface area contributed by atoms with Gasteiger partial charge < -0.3 is 15.7 Å². The largest absolute Gasteiger partial charge is 0.465 e. The standard InChI is InChI=1S/C14H19N3O3/c1-10(18)15-12-4-2-11(3-5-12)8-17-7-6-13(9-17)16-14(19)20/h2-5,13,16H,6-9H2,1H3,(H,15,18)(H,19,20). The van der Waals surface area contributed by atoms with Crippen molar-refractivity contribution in [3.05, 3.63) is 29.8 Å². The Labute approximate surface area is 117 Å². The molecule has 1 aromatic rings. The Balaban J connectivity index is 1.85. The van der Waals surface area contributed by atoms with Gasteiger partial charge in [-0.3, -0.25) is 9.69 Å². The Morgan fingerprint density at radius 1 is 1.35 bits per heavy atom. The Morgan fingerprint density at radius 3 is 2.65 bits per heavy atom. The second-order valence-electron chi connectivity index (χ2n) is 5.05. The maximum absolute atomic E-state index is 10.9. The molecule has 1 saturated heterocycles. The van der Waals surface area contributed by atoms with Crippen molar-refractivity contribution in [1.82, 2.24) is 10.2 Å². The van der Waals surface area contributed by atoms with E-state index < -0.39 is 6.09 Å². The second-order valence-corrected chi connectivity index (χ2v) is 5.05. The molecule has 1 unspecified atom stereocenters. The average molecular weight is 277 g/mol. The van der Waals surface area contributed by atoms with Crippen molar-refractivity contribution in [2.45, 2.75) is 25.9 Å². The zero-order valence-electron chi connectivity index (χ0n) is 11.4. The third-order valence-corrected chi connectivity index (χ3v) is 3.28. The number of nitrogens with zero attached hydrogens (tertiary/aromatic N) is 1. The number of hydrogen-bond acceptors (Lipinski definition) is 3. The van der Waals surface area contributed by atoms with Crippen LogP contribution in [0.3, 0.4) is 0 Å². The number of carboxylic acid groups (broad SMARTS) is 1. The van der Waals surface area contributed by atoms with E-state index in [9.17, 15) is 9.59 Å². The molecule has 108 valence electrons. The fourth-order valence-corrected chi connectivity index (χ4v) is 2.42. The molecule has 0 spiro atoms. The summed E-state index contributed by atoms with van der Waals surface area (Å²) in [5.41, 5.74) is 1.93. The van der Waals surface area contributed by atoms with Crippen LogP contribution < -0.4 is 10.6 Å². The molecular formula is C14H19N3O3. The van der Waals surface area contributed by atoms with Gasteiger partial charge in [0.25, 0.3) is 0 Å². The summed E-state index contributed by atoms with van der Waals surface area (Å²) >= 11 is 0. The van der Waals surface area contributed by atoms with Gasteiger partial charge in [-0.15, -0.1) is 0 Å². The minimum Gasteiger partial charge on any atom is -0.465 e. The first kappa shape index (κ1) is 14.3. The summed E-state index contributed by atoms with van der Waals surface area (Å²) in [5, 5.41) is 13.9. The molecule has 20 heavy (non-hydrogen) atoms. The van der Waals surface area contributed by atoms with Gasteiger partial charge in [0.05, 0.1) is 0 Å². The van der Waals surface area contributed by atoms with Crippen molar-refractivity contribution in [2.75, 3.05) is 18.4 Å². The van der Waals surface area contributed by atoms with Crippen molar-refractivity contribution in [3.8, 4) is 0 Å². The molecule has 1 aliphatic rings. The first-order valence-electron chi connectivity index (χ1n) is 6.61. The minimum absolute atomic E-state index is 0.0196. The summed E-state index contributed by atoms with van der Waals surface area (Å²) in [6.45, 7) is 3.89. The van der Waals surface area contributed by atoms with Gasteiger partial charge in [-0.1, -0.05) is 12.1 Å². The van der Waals surface area contributed by atoms with Crippen molar-refractivity contribution in [1.29, 1.82) is 0 Å². The molecule has 1 fully saturated rings. The molecule has 0 bridgehead atoms. The van der Waals surface area contributed by atoms with Gasteiger partial charge >= 0.3 is 6.09 Å². The van der Waals surface area contributed by atoms with Gasteiger partial charge in [0, 0.05) is 38.3 Å². The highest BCUT2D eigenvalue weighted by Crippen LogP contribution is 2.15. The molecule has 1 heterocycles. The third kappa shape index (κ3) is 4.24. The van der Waals surface area contributed by atoms with Crippen molar-refractivity contribution >= 4 is 17.7 Å². The van der Waals surface area contributed by atoms with Crippen LogP contribution in [-0.2, 0) is 11.3 Å². The van der Waals surface area contributed by atoms with Crippen molar-refractivity contribution < 1.29 is 14.7 Å². The maximum Gasteiger partial charge on any atom is 0.404 e. The Morgan fingerprint density at radius 2 is 2.05 bits per heavy atom. The van der Waals surface area contributed by atoms with Crippen LogP contribution in [0, 0.1) is 0 Å². The summed E-state index contributed by atoms with van der Waals surface area (Å²) in [7, 11) is 0. The van der Waals surface area contributed by atoms with E-state index >= 15 is 0 Å². The van der Waals surface area contributed by atoms with E-state index in [1.54, 1.807) is 0 Å². The second kappa shape index (κ2) is 6.38. The molecule has 2 rings (SSSR count). The Hall–Kier alpha value is -2.08. The molecule has 0 saturated carbocycles. The summed E-state index contributed by atoms with van der Waals surface area (Å²) in [4.78, 5) is 23.7. The number of carbonyl (C=O) groups excluding carboxylic acids is 1. The minimum atomic E-state index is -0.962. The van der Waals surface area contributed by atoms with Crippen LogP contribution in [0.25, 0.3) is 0 Å². The van der Waals surface area contributed by atoms with E-state index in [1.807, 2.05) is 24.3 Å². The molecule has 6 nitrogen and oxygen atoms in total. The van der Waals surface area contributed by atoms with Crippen LogP contribution >= 0.6 is 0 Å². The summed E-state index contributed by atoms with van der Waals surface area (Å²) in [6.07, 6.45) is -0.118. The first-order chi connectivity index (χ1) is 9.52. The molecule has 1 aromatic carbocycles. The number of hydrogen-bond donors (Lipinski definition) is 3. The number of nitrogens with one attached hydrogen (secondary N) is 2. The topological polar surface area (TPSA) is 81.7 Å². The molecule has 3 N–H and O–H groups in total. The number of rotatable bonds is 4. The molecule has 1 aliphatic heterocycles. The van der Waals surface area contributed by atoms with Crippen LogP contribution in [-0.4, -0.2) is 41.1 Å². The quantitative estimate of drug-likeness (QED) is 0.778. The van der Waals surface area contributed by atoms with Gasteiger partial charge in [0.15, 0.2) is 0 Å². The lowest BCUT2D eigenvalue weighted by Crippen LogP contribution is -2.35. The van der Waals surface area contributed by atoms with E-state index in [0.717, 1.165) is 37.3 Å². The molecule has 6 heteroatoms. The fourth-order valence-electron chi connectivity index (χ4n) is 2.42. The van der Waals surface area contributed by atoms with Crippen LogP contribution in [0.1, 0.15) is 18.9 Å². The highest BCUT2D eigenvalue weighted by atomic mass is 16.4. The third-order valence-electron chi connectivity index (χ3n) is 3.28. The lowest BCUT2D eigenvalue weighted by atomic mass is 10.2. The monoisotopic (exact) mass is 277 g/mol. The molecule has 0 aliphatic carbocycles. The molecule has 0 aromatic heterocycles. The number of carbonyl (C=O) groups is 2. The highest BCUT2D eigenvalue weighted by molar-refractivity contribution is 5.88. The van der Waals surface area contributed by atoms with Crippen LogP contribution in [0.15, 0.2) is 24.3 Å². The number of amides is 2. The van der Waals surface area contributed by atoms with Gasteiger partial charge in [-0.05, 0) is 24.1 Å². The molecule has 0 radical (unpaired) electrons. The number of benzene rings is 1. The van der Waals surface area contributed by atoms with E-state index in [0.29, 0.717) is 0 Å². The zero-order valence-corrected chi connectivity index (χ0v) is 11.4. The van der Waals surface area contributed by atoms with Gasteiger partial charge in [0.2, 0.25) is 5.91 Å². The van der Waals surface area contributed by atoms with Crippen molar-refractivity contribution in [3.63, 3.8) is 0 Å². The Kier molecular flexibility index (Phi) is 4.57. The Bertz CT molecular complexity index is 487. The summed E-state index contributed by atoms with van der Waals surface area (Å²) in [5.74, 6) is -0.0834. The van der Waals surface area contributed by atoms with Crippen molar-refractivity contribution in [2.24, 2.45) is 0 Å². The first-order valence-corrected chi connectivity index (χ1v) is 6.61. The number of likely N-dealkylation sites (tertiary alicyclic amines) is 1. The molecule has 2 amide bonds. The lowest BCUT2D eigenvalue weighted by Gasteiger charge is -2.16. The lowest BCUT2D eigenvalue weighted by molar-refractivity contribution is -0.114. The van der Waals surface area contributed by atoms with Gasteiger partial charge in [-0.25, -0.2) is 4.79 Å². The zero-order chi connectivity index (χ0) is 14.5. The van der Waals surface area contributed by atoms with Crippen LogP contribution in [0.2, 0.25) is 0 Å². The van der Waals surface area contributed by atoms with Crippen LogP contribution in [0.4, 0.5) is 10.5 Å². The smallest absolute Gasteiger partial charge is 0.404 e. The van der Waals surface area contributed by atoms with E-state index in [2.05, 4.69) is 15.5 Å². The highest BCUT2D eigenvalue weighted by Gasteiger charge is 2.23. The van der Waals surface area contributed by atoms with E-state index in [1.165, 1.54) is 6.92 Å². The van der Waals surface area contributed by atoms with E-state index in [-0.39, 0.29) is 11.9 Å². The normalized spacial score (nSPS) is 18.8. The van der Waals surface area contributed by atoms with Gasteiger partial charge in [0.1, 0.15) is 0 Å². The fraction of sp³-hybridized carbons (Fsp3) is 0.429. The molecular weight excluding hydrogens is 258 g/mol. The molecule has 1 atom stereocenters. The van der Waals surface area contributed by atoms with E-state index in [4.69, 9.17) is 5.11 Å². The summed E-state index contributed by atoms with van der Waals surface area (Å²) < 4.78 is 0. The average Bonchev–Trinajstić information content (AvgIpc) is 2.77. The predicted octanol–water partition coefficient (Wildman–Crippen LogP) is 1.49. The number of anilines is 1. The maximum atomic E-state index is 10.9.